The van der Waals surface area contributed by atoms with Gasteiger partial charge in [0.1, 0.15) is 0 Å². The molecule has 0 atom stereocenters. The molecule has 2 aliphatic rings. The standard InChI is InChI=1S/C23H30N6O3/c1-27(22(31)18-7-11-29(12-8-18)23-24-9-2-10-25-23)17-21(30)26-19-3-5-20(6-4-19)28-13-15-32-16-14-28/h2-6,9-10,18H,7-8,11-17H2,1H3,(H,26,30). The predicted molar refractivity (Wildman–Crippen MR) is 123 cm³/mol. The van der Waals surface area contributed by atoms with Crippen LogP contribution in [0.15, 0.2) is 42.7 Å². The fraction of sp³-hybridized carbons (Fsp3) is 0.478. The minimum absolute atomic E-state index is 0.0106. The van der Waals surface area contributed by atoms with E-state index in [2.05, 4.69) is 25.1 Å². The number of nitrogens with zero attached hydrogens (tertiary/aromatic N) is 5. The molecule has 3 heterocycles. The van der Waals surface area contributed by atoms with E-state index < -0.39 is 0 Å². The Bertz CT molecular complexity index is 894. The first-order valence-corrected chi connectivity index (χ1v) is 11.1. The first kappa shape index (κ1) is 22.0. The van der Waals surface area contributed by atoms with Crippen molar-refractivity contribution in [3.63, 3.8) is 0 Å². The van der Waals surface area contributed by atoms with Gasteiger partial charge in [-0.2, -0.15) is 0 Å². The number of likely N-dealkylation sites (N-methyl/N-ethyl adjacent to an activating group) is 1. The summed E-state index contributed by atoms with van der Waals surface area (Å²) >= 11 is 0. The van der Waals surface area contributed by atoms with Gasteiger partial charge in [0.2, 0.25) is 17.8 Å². The molecule has 2 aromatic rings. The quantitative estimate of drug-likeness (QED) is 0.733. The summed E-state index contributed by atoms with van der Waals surface area (Å²) in [6.45, 7) is 4.71. The molecule has 9 heteroatoms. The van der Waals surface area contributed by atoms with Crippen molar-refractivity contribution in [1.29, 1.82) is 0 Å². The van der Waals surface area contributed by atoms with E-state index in [9.17, 15) is 9.59 Å². The van der Waals surface area contributed by atoms with E-state index in [1.54, 1.807) is 25.5 Å². The molecule has 1 aromatic heterocycles. The molecular formula is C23H30N6O3. The normalized spacial score (nSPS) is 17.2. The second-order valence-electron chi connectivity index (χ2n) is 8.20. The number of aromatic nitrogens is 2. The van der Waals surface area contributed by atoms with Gasteiger partial charge in [0.25, 0.3) is 0 Å². The lowest BCUT2D eigenvalue weighted by Gasteiger charge is -2.33. The molecule has 32 heavy (non-hydrogen) atoms. The summed E-state index contributed by atoms with van der Waals surface area (Å²) in [5.74, 6) is 0.429. The van der Waals surface area contributed by atoms with Crippen LogP contribution < -0.4 is 15.1 Å². The lowest BCUT2D eigenvalue weighted by atomic mass is 9.95. The molecule has 0 spiro atoms. The summed E-state index contributed by atoms with van der Waals surface area (Å²) in [6, 6.07) is 9.58. The van der Waals surface area contributed by atoms with Crippen molar-refractivity contribution in [2.75, 3.05) is 68.1 Å². The predicted octanol–water partition coefficient (Wildman–Crippen LogP) is 1.63. The van der Waals surface area contributed by atoms with Gasteiger partial charge >= 0.3 is 0 Å². The van der Waals surface area contributed by atoms with Gasteiger partial charge in [-0.3, -0.25) is 9.59 Å². The lowest BCUT2D eigenvalue weighted by Crippen LogP contribution is -2.43. The van der Waals surface area contributed by atoms with Crippen molar-refractivity contribution in [2.24, 2.45) is 5.92 Å². The molecule has 2 aliphatic heterocycles. The molecule has 0 saturated carbocycles. The maximum Gasteiger partial charge on any atom is 0.243 e. The molecule has 1 N–H and O–H groups in total. The van der Waals surface area contributed by atoms with Crippen LogP contribution in [0, 0.1) is 5.92 Å². The fourth-order valence-electron chi connectivity index (χ4n) is 4.16. The van der Waals surface area contributed by atoms with Gasteiger partial charge in [-0.15, -0.1) is 0 Å². The Labute approximate surface area is 188 Å². The Morgan fingerprint density at radius 1 is 1.03 bits per heavy atom. The number of rotatable bonds is 6. The number of amides is 2. The molecule has 0 unspecified atom stereocenters. The molecule has 2 fully saturated rings. The second kappa shape index (κ2) is 10.4. The summed E-state index contributed by atoms with van der Waals surface area (Å²) in [4.78, 5) is 39.7. The smallest absolute Gasteiger partial charge is 0.243 e. The monoisotopic (exact) mass is 438 g/mol. The van der Waals surface area contributed by atoms with Crippen molar-refractivity contribution in [1.82, 2.24) is 14.9 Å². The summed E-state index contributed by atoms with van der Waals surface area (Å²) in [7, 11) is 1.69. The third-order valence-corrected chi connectivity index (χ3v) is 5.96. The maximum atomic E-state index is 12.8. The number of anilines is 3. The average molecular weight is 439 g/mol. The Balaban J connectivity index is 1.23. The van der Waals surface area contributed by atoms with Gasteiger partial charge in [0, 0.05) is 62.9 Å². The minimum Gasteiger partial charge on any atom is -0.378 e. The molecule has 4 rings (SSSR count). The third kappa shape index (κ3) is 5.53. The van der Waals surface area contributed by atoms with Gasteiger partial charge in [-0.05, 0) is 43.2 Å². The Morgan fingerprint density at radius 3 is 2.34 bits per heavy atom. The molecule has 0 bridgehead atoms. The van der Waals surface area contributed by atoms with E-state index in [0.717, 1.165) is 63.6 Å². The van der Waals surface area contributed by atoms with Crippen LogP contribution in [0.25, 0.3) is 0 Å². The van der Waals surface area contributed by atoms with Crippen LogP contribution in [-0.2, 0) is 14.3 Å². The number of ether oxygens (including phenoxy) is 1. The SMILES string of the molecule is CN(CC(=O)Nc1ccc(N2CCOCC2)cc1)C(=O)C1CCN(c2ncccn2)CC1. The van der Waals surface area contributed by atoms with Gasteiger partial charge in [0.15, 0.2) is 0 Å². The maximum absolute atomic E-state index is 12.8. The Kier molecular flexibility index (Phi) is 7.16. The number of hydrogen-bond acceptors (Lipinski definition) is 7. The van der Waals surface area contributed by atoms with Crippen LogP contribution in [-0.4, -0.2) is 79.7 Å². The molecular weight excluding hydrogens is 408 g/mol. The van der Waals surface area contributed by atoms with Crippen LogP contribution in [0.5, 0.6) is 0 Å². The summed E-state index contributed by atoms with van der Waals surface area (Å²) in [5, 5.41) is 2.89. The van der Waals surface area contributed by atoms with E-state index in [1.807, 2.05) is 24.3 Å². The number of carbonyl (C=O) groups is 2. The highest BCUT2D eigenvalue weighted by molar-refractivity contribution is 5.94. The van der Waals surface area contributed by atoms with Gasteiger partial charge in [-0.25, -0.2) is 9.97 Å². The van der Waals surface area contributed by atoms with Crippen LogP contribution in [0.4, 0.5) is 17.3 Å². The highest BCUT2D eigenvalue weighted by atomic mass is 16.5. The molecule has 1 aromatic carbocycles. The number of benzene rings is 1. The number of hydrogen-bond donors (Lipinski definition) is 1. The second-order valence-corrected chi connectivity index (χ2v) is 8.20. The lowest BCUT2D eigenvalue weighted by molar-refractivity contribution is -0.137. The first-order valence-electron chi connectivity index (χ1n) is 11.1. The van der Waals surface area contributed by atoms with Crippen molar-refractivity contribution in [2.45, 2.75) is 12.8 Å². The Morgan fingerprint density at radius 2 is 1.69 bits per heavy atom. The van der Waals surface area contributed by atoms with Crippen molar-refractivity contribution >= 4 is 29.1 Å². The molecule has 0 aliphatic carbocycles. The van der Waals surface area contributed by atoms with Gasteiger partial charge in [0.05, 0.1) is 19.8 Å². The van der Waals surface area contributed by atoms with Gasteiger partial charge < -0.3 is 24.8 Å². The topological polar surface area (TPSA) is 90.9 Å². The summed E-state index contributed by atoms with van der Waals surface area (Å²) in [6.07, 6.45) is 4.91. The zero-order chi connectivity index (χ0) is 22.3. The first-order chi connectivity index (χ1) is 15.6. The molecule has 0 radical (unpaired) electrons. The fourth-order valence-corrected chi connectivity index (χ4v) is 4.16. The number of morpholine rings is 1. The van der Waals surface area contributed by atoms with Crippen molar-refractivity contribution in [3.8, 4) is 0 Å². The number of piperidine rings is 1. The highest BCUT2D eigenvalue weighted by Gasteiger charge is 2.28. The van der Waals surface area contributed by atoms with Crippen LogP contribution in [0.1, 0.15) is 12.8 Å². The Hall–Kier alpha value is -3.20. The summed E-state index contributed by atoms with van der Waals surface area (Å²) in [5.41, 5.74) is 1.84. The molecule has 170 valence electrons. The van der Waals surface area contributed by atoms with E-state index >= 15 is 0 Å². The van der Waals surface area contributed by atoms with E-state index in [1.165, 1.54) is 4.90 Å². The van der Waals surface area contributed by atoms with Crippen molar-refractivity contribution in [3.05, 3.63) is 42.7 Å². The van der Waals surface area contributed by atoms with Crippen LogP contribution in [0.3, 0.4) is 0 Å². The van der Waals surface area contributed by atoms with E-state index in [4.69, 9.17) is 4.74 Å². The largest absolute Gasteiger partial charge is 0.378 e. The van der Waals surface area contributed by atoms with Gasteiger partial charge in [-0.1, -0.05) is 0 Å². The third-order valence-electron chi connectivity index (χ3n) is 5.96. The summed E-state index contributed by atoms with van der Waals surface area (Å²) < 4.78 is 5.38. The molecule has 2 saturated heterocycles. The number of carbonyl (C=O) groups excluding carboxylic acids is 2. The minimum atomic E-state index is -0.199. The molecule has 9 nitrogen and oxygen atoms in total. The van der Waals surface area contributed by atoms with E-state index in [0.29, 0.717) is 5.95 Å². The average Bonchev–Trinajstić information content (AvgIpc) is 2.85. The molecule has 2 amide bonds. The van der Waals surface area contributed by atoms with Crippen molar-refractivity contribution < 1.29 is 14.3 Å². The van der Waals surface area contributed by atoms with E-state index in [-0.39, 0.29) is 24.3 Å². The zero-order valence-electron chi connectivity index (χ0n) is 18.4. The highest BCUT2D eigenvalue weighted by Crippen LogP contribution is 2.22. The van der Waals surface area contributed by atoms with Crippen LogP contribution in [0.2, 0.25) is 0 Å². The van der Waals surface area contributed by atoms with Crippen LogP contribution >= 0.6 is 0 Å². The zero-order valence-corrected chi connectivity index (χ0v) is 18.4. The number of nitrogens with one attached hydrogen (secondary N) is 1.